The van der Waals surface area contributed by atoms with Crippen LogP contribution >= 0.6 is 0 Å². The van der Waals surface area contributed by atoms with Crippen LogP contribution in [0.25, 0.3) is 0 Å². The van der Waals surface area contributed by atoms with Gasteiger partial charge in [-0.1, -0.05) is 0 Å². The second-order valence-corrected chi connectivity index (χ2v) is 6.52. The van der Waals surface area contributed by atoms with Gasteiger partial charge in [-0.3, -0.25) is 9.59 Å². The first kappa shape index (κ1) is 17.2. The lowest BCUT2D eigenvalue weighted by molar-refractivity contribution is -0.146. The number of hydrogen-bond acceptors (Lipinski definition) is 4. The van der Waals surface area contributed by atoms with Crippen molar-refractivity contribution in [2.24, 2.45) is 11.7 Å². The molecule has 6 nitrogen and oxygen atoms in total. The van der Waals surface area contributed by atoms with E-state index in [1.165, 1.54) is 0 Å². The number of hydrogen-bond donors (Lipinski definition) is 2. The van der Waals surface area contributed by atoms with Gasteiger partial charge >= 0.3 is 0 Å². The monoisotopic (exact) mass is 311 g/mol. The summed E-state index contributed by atoms with van der Waals surface area (Å²) in [5.74, 6) is -0.00629. The average Bonchev–Trinajstić information content (AvgIpc) is 2.90. The van der Waals surface area contributed by atoms with Crippen molar-refractivity contribution in [1.29, 1.82) is 0 Å². The minimum absolute atomic E-state index is 0.0159. The van der Waals surface area contributed by atoms with Crippen LogP contribution < -0.4 is 5.73 Å². The van der Waals surface area contributed by atoms with Gasteiger partial charge in [-0.2, -0.15) is 0 Å². The number of rotatable bonds is 4. The van der Waals surface area contributed by atoms with Gasteiger partial charge in [0.15, 0.2) is 0 Å². The summed E-state index contributed by atoms with van der Waals surface area (Å²) in [4.78, 5) is 28.9. The number of nitrogens with zero attached hydrogens (tertiary/aromatic N) is 2. The van der Waals surface area contributed by atoms with Crippen molar-refractivity contribution in [3.8, 4) is 0 Å². The third kappa shape index (κ3) is 3.60. The molecular weight excluding hydrogens is 282 g/mol. The fourth-order valence-electron chi connectivity index (χ4n) is 3.65. The lowest BCUT2D eigenvalue weighted by atomic mass is 9.86. The molecule has 2 atom stereocenters. The van der Waals surface area contributed by atoms with Gasteiger partial charge in [0, 0.05) is 31.6 Å². The van der Waals surface area contributed by atoms with Gasteiger partial charge in [-0.15, -0.1) is 0 Å². The molecule has 1 saturated heterocycles. The second kappa shape index (κ2) is 7.42. The molecule has 0 spiro atoms. The van der Waals surface area contributed by atoms with Crippen LogP contribution in [0.5, 0.6) is 0 Å². The van der Waals surface area contributed by atoms with Crippen LogP contribution in [-0.4, -0.2) is 64.5 Å². The minimum Gasteiger partial charge on any atom is -0.393 e. The maximum Gasteiger partial charge on any atom is 0.245 e. The molecule has 0 unspecified atom stereocenters. The molecule has 6 heteroatoms. The van der Waals surface area contributed by atoms with E-state index in [0.29, 0.717) is 51.7 Å². The molecule has 0 bridgehead atoms. The van der Waals surface area contributed by atoms with Gasteiger partial charge in [-0.05, 0) is 46.0 Å². The van der Waals surface area contributed by atoms with Crippen molar-refractivity contribution >= 4 is 11.8 Å². The standard InChI is InChI=1S/C16H29N3O3/c1-3-18(4-2)16(22)14-9-12(17)10-19(14)15(21)11-5-7-13(20)8-6-11/h11-14,20H,3-10,17H2,1-2H3/t11?,12-,13?,14-/m0/s1. The Hall–Kier alpha value is -1.14. The highest BCUT2D eigenvalue weighted by Crippen LogP contribution is 2.29. The Morgan fingerprint density at radius 2 is 1.77 bits per heavy atom. The topological polar surface area (TPSA) is 86.9 Å². The predicted molar refractivity (Wildman–Crippen MR) is 84.0 cm³/mol. The summed E-state index contributed by atoms with van der Waals surface area (Å²) < 4.78 is 0. The van der Waals surface area contributed by atoms with Crippen molar-refractivity contribution in [3.05, 3.63) is 0 Å². The third-order valence-corrected chi connectivity index (χ3v) is 5.02. The average molecular weight is 311 g/mol. The molecule has 1 aliphatic heterocycles. The number of nitrogens with two attached hydrogens (primary N) is 1. The molecule has 126 valence electrons. The number of likely N-dealkylation sites (tertiary alicyclic amines) is 1. The molecule has 2 aliphatic rings. The quantitative estimate of drug-likeness (QED) is 0.783. The molecule has 2 rings (SSSR count). The Bertz CT molecular complexity index is 403. The fourth-order valence-corrected chi connectivity index (χ4v) is 3.65. The first-order chi connectivity index (χ1) is 10.5. The molecule has 0 radical (unpaired) electrons. The van der Waals surface area contributed by atoms with Crippen LogP contribution in [-0.2, 0) is 9.59 Å². The van der Waals surface area contributed by atoms with E-state index >= 15 is 0 Å². The second-order valence-electron chi connectivity index (χ2n) is 6.52. The molecule has 3 N–H and O–H groups in total. The Labute approximate surface area is 132 Å². The lowest BCUT2D eigenvalue weighted by Gasteiger charge is -2.33. The Balaban J connectivity index is 2.06. The van der Waals surface area contributed by atoms with E-state index in [0.717, 1.165) is 0 Å². The predicted octanol–water partition coefficient (Wildman–Crippen LogP) is 0.334. The van der Waals surface area contributed by atoms with Gasteiger partial charge in [-0.25, -0.2) is 0 Å². The Morgan fingerprint density at radius 3 is 2.32 bits per heavy atom. The Kier molecular flexibility index (Phi) is 5.81. The van der Waals surface area contributed by atoms with Gasteiger partial charge < -0.3 is 20.6 Å². The lowest BCUT2D eigenvalue weighted by Crippen LogP contribution is -2.49. The zero-order chi connectivity index (χ0) is 16.3. The maximum absolute atomic E-state index is 12.8. The molecule has 1 saturated carbocycles. The number of aliphatic hydroxyl groups is 1. The van der Waals surface area contributed by atoms with E-state index in [1.54, 1.807) is 9.80 Å². The smallest absolute Gasteiger partial charge is 0.245 e. The SMILES string of the molecule is CCN(CC)C(=O)[C@@H]1C[C@H](N)CN1C(=O)C1CCC(O)CC1. The number of aliphatic hydroxyl groups excluding tert-OH is 1. The van der Waals surface area contributed by atoms with E-state index in [1.807, 2.05) is 13.8 Å². The molecule has 0 aromatic rings. The van der Waals surface area contributed by atoms with Crippen LogP contribution in [0.2, 0.25) is 0 Å². The molecule has 1 aliphatic carbocycles. The van der Waals surface area contributed by atoms with E-state index in [2.05, 4.69) is 0 Å². The van der Waals surface area contributed by atoms with Crippen molar-refractivity contribution < 1.29 is 14.7 Å². The molecule has 2 fully saturated rings. The van der Waals surface area contributed by atoms with E-state index in [4.69, 9.17) is 5.73 Å². The summed E-state index contributed by atoms with van der Waals surface area (Å²) in [6.07, 6.45) is 3.03. The maximum atomic E-state index is 12.8. The van der Waals surface area contributed by atoms with Crippen molar-refractivity contribution in [2.75, 3.05) is 19.6 Å². The summed E-state index contributed by atoms with van der Waals surface area (Å²) in [5.41, 5.74) is 6.02. The largest absolute Gasteiger partial charge is 0.393 e. The van der Waals surface area contributed by atoms with Crippen LogP contribution in [0.1, 0.15) is 46.0 Å². The zero-order valence-corrected chi connectivity index (χ0v) is 13.7. The number of amides is 2. The normalized spacial score (nSPS) is 32.1. The molecule has 2 amide bonds. The van der Waals surface area contributed by atoms with Crippen LogP contribution in [0.15, 0.2) is 0 Å². The first-order valence-electron chi connectivity index (χ1n) is 8.50. The van der Waals surface area contributed by atoms with Crippen molar-refractivity contribution in [2.45, 2.75) is 64.1 Å². The van der Waals surface area contributed by atoms with Gasteiger partial charge in [0.25, 0.3) is 0 Å². The third-order valence-electron chi connectivity index (χ3n) is 5.02. The number of carbonyl (C=O) groups is 2. The van der Waals surface area contributed by atoms with Crippen LogP contribution in [0, 0.1) is 5.92 Å². The minimum atomic E-state index is -0.408. The molecular formula is C16H29N3O3. The van der Waals surface area contributed by atoms with E-state index in [9.17, 15) is 14.7 Å². The fraction of sp³-hybridized carbons (Fsp3) is 0.875. The van der Waals surface area contributed by atoms with Gasteiger partial charge in [0.2, 0.25) is 11.8 Å². The van der Waals surface area contributed by atoms with Crippen LogP contribution in [0.3, 0.4) is 0 Å². The highest BCUT2D eigenvalue weighted by atomic mass is 16.3. The molecule has 22 heavy (non-hydrogen) atoms. The zero-order valence-electron chi connectivity index (χ0n) is 13.7. The molecule has 0 aromatic heterocycles. The summed E-state index contributed by atoms with van der Waals surface area (Å²) in [6.45, 7) is 5.67. The number of likely N-dealkylation sites (N-methyl/N-ethyl adjacent to an activating group) is 1. The molecule has 0 aromatic carbocycles. The number of carbonyl (C=O) groups excluding carboxylic acids is 2. The van der Waals surface area contributed by atoms with Gasteiger partial charge in [0.1, 0.15) is 6.04 Å². The van der Waals surface area contributed by atoms with Gasteiger partial charge in [0.05, 0.1) is 6.10 Å². The van der Waals surface area contributed by atoms with E-state index < -0.39 is 6.04 Å². The summed E-state index contributed by atoms with van der Waals surface area (Å²) >= 11 is 0. The summed E-state index contributed by atoms with van der Waals surface area (Å²) in [7, 11) is 0. The van der Waals surface area contributed by atoms with Crippen LogP contribution in [0.4, 0.5) is 0 Å². The van der Waals surface area contributed by atoms with Crippen molar-refractivity contribution in [3.63, 3.8) is 0 Å². The van der Waals surface area contributed by atoms with Crippen molar-refractivity contribution in [1.82, 2.24) is 9.80 Å². The van der Waals surface area contributed by atoms with E-state index in [-0.39, 0.29) is 29.9 Å². The summed E-state index contributed by atoms with van der Waals surface area (Å²) in [5, 5.41) is 9.59. The molecule has 1 heterocycles. The highest BCUT2D eigenvalue weighted by molar-refractivity contribution is 5.89. The Morgan fingerprint density at radius 1 is 1.18 bits per heavy atom. The highest BCUT2D eigenvalue weighted by Gasteiger charge is 2.42. The first-order valence-corrected chi connectivity index (χ1v) is 8.50. The summed E-state index contributed by atoms with van der Waals surface area (Å²) in [6, 6.07) is -0.531.